The molecule has 0 amide bonds. The lowest BCUT2D eigenvalue weighted by molar-refractivity contribution is -0.367. The van der Waals surface area contributed by atoms with E-state index in [-0.39, 0.29) is 13.0 Å². The third-order valence-electron chi connectivity index (χ3n) is 10.1. The zero-order chi connectivity index (χ0) is 56.4. The largest absolute Gasteiger partial charge is 0.479 e. The van der Waals surface area contributed by atoms with Crippen LogP contribution in [0.5, 0.6) is 0 Å². The summed E-state index contributed by atoms with van der Waals surface area (Å²) >= 11 is 0. The Labute approximate surface area is 415 Å². The molecule has 0 aromatic rings. The second kappa shape index (κ2) is 24.8. The molecule has 0 bridgehead atoms. The van der Waals surface area contributed by atoms with E-state index < -0.39 is 210 Å². The average molecular weight is 1220 g/mol. The second-order valence-electron chi connectivity index (χ2n) is 15.4. The fraction of sp³-hybridized carbons (Fsp3) is 0.926. The lowest BCUT2D eigenvalue weighted by Gasteiger charge is -2.49. The molecule has 0 aromatic carbocycles. The van der Waals surface area contributed by atoms with Gasteiger partial charge in [-0.05, 0) is 6.42 Å². The minimum absolute atomic E-state index is 0.114. The number of aliphatic carboxylic acids is 2. The minimum atomic E-state index is -6.05. The van der Waals surface area contributed by atoms with Gasteiger partial charge >= 0.3 is 74.1 Å². The van der Waals surface area contributed by atoms with Gasteiger partial charge in [0.15, 0.2) is 49.6 Å². The van der Waals surface area contributed by atoms with Gasteiger partial charge in [0, 0.05) is 6.61 Å². The normalized spacial score (nSPS) is 38.1. The number of carbonyl (C=O) groups is 2. The van der Waals surface area contributed by atoms with Gasteiger partial charge < -0.3 is 73.6 Å². The molecule has 0 saturated carbocycles. The lowest BCUT2D eigenvalue weighted by Crippen LogP contribution is -2.70. The number of hydrogen-bond donors (Lipinski definition) is 15. The van der Waals surface area contributed by atoms with Crippen molar-refractivity contribution in [2.24, 2.45) is 0 Å². The predicted octanol–water partition coefficient (Wildman–Crippen LogP) is -10.0. The number of nitrogens with one attached hydrogen (secondary N) is 2. The Bertz CT molecular complexity index is 2640. The predicted molar refractivity (Wildman–Crippen MR) is 216 cm³/mol. The third kappa shape index (κ3) is 18.4. The highest BCUT2D eigenvalue weighted by molar-refractivity contribution is 7.84. The Hall–Kier alpha value is -2.36. The van der Waals surface area contributed by atoms with Crippen molar-refractivity contribution < 1.29 is 178 Å². The first-order chi connectivity index (χ1) is 33.6. The van der Waals surface area contributed by atoms with E-state index >= 15 is 0 Å². The topological polar surface area (TPSA) is 637 Å². The molecular formula is C27H46N2O39S6. The molecule has 41 nitrogen and oxygen atoms in total. The Morgan fingerprint density at radius 1 is 0.459 bits per heavy atom. The summed E-state index contributed by atoms with van der Waals surface area (Å²) in [6.45, 7) is -2.12. The quantitative estimate of drug-likeness (QED) is 0.0378. The summed E-state index contributed by atoms with van der Waals surface area (Å²) in [4.78, 5) is 25.1. The number of carboxylic acid groups (broad SMARTS) is 2. The van der Waals surface area contributed by atoms with Crippen LogP contribution in [0.4, 0.5) is 0 Å². The van der Waals surface area contributed by atoms with Gasteiger partial charge in [0.2, 0.25) is 0 Å². The number of rotatable bonds is 25. The molecule has 0 radical (unpaired) electrons. The Kier molecular flexibility index (Phi) is 21.5. The van der Waals surface area contributed by atoms with Crippen molar-refractivity contribution in [1.82, 2.24) is 9.44 Å². The van der Waals surface area contributed by atoms with Crippen LogP contribution >= 0.6 is 0 Å². The highest BCUT2D eigenvalue weighted by atomic mass is 32.3. The molecule has 74 heavy (non-hydrogen) atoms. The van der Waals surface area contributed by atoms with E-state index in [9.17, 15) is 119 Å². The third-order valence-corrected chi connectivity index (χ3v) is 13.0. The fourth-order valence-corrected chi connectivity index (χ4v) is 9.98. The smallest absolute Gasteiger partial charge is 0.397 e. The molecule has 4 rings (SSSR count). The van der Waals surface area contributed by atoms with Crippen LogP contribution < -0.4 is 9.44 Å². The highest BCUT2D eigenvalue weighted by Gasteiger charge is 2.60. The lowest BCUT2D eigenvalue weighted by atomic mass is 9.94. The van der Waals surface area contributed by atoms with Crippen LogP contribution in [0.2, 0.25) is 0 Å². The van der Waals surface area contributed by atoms with E-state index in [1.165, 1.54) is 16.4 Å². The van der Waals surface area contributed by atoms with E-state index in [2.05, 4.69) is 16.7 Å². The van der Waals surface area contributed by atoms with E-state index in [1.807, 2.05) is 0 Å². The molecule has 434 valence electrons. The van der Waals surface area contributed by atoms with Crippen LogP contribution in [-0.4, -0.2) is 268 Å². The van der Waals surface area contributed by atoms with Crippen molar-refractivity contribution in [3.05, 3.63) is 0 Å². The number of hydrogen-bond acceptors (Lipinski definition) is 31. The van der Waals surface area contributed by atoms with E-state index in [0.717, 1.165) is 0 Å². The zero-order valence-corrected chi connectivity index (χ0v) is 41.2. The van der Waals surface area contributed by atoms with Crippen molar-refractivity contribution in [3.8, 4) is 0 Å². The molecule has 0 unspecified atom stereocenters. The molecule has 20 atom stereocenters. The summed E-state index contributed by atoms with van der Waals surface area (Å²) in [7, 11) is -34.1. The van der Waals surface area contributed by atoms with Crippen LogP contribution in [0.1, 0.15) is 13.3 Å². The Morgan fingerprint density at radius 3 is 1.23 bits per heavy atom. The van der Waals surface area contributed by atoms with Gasteiger partial charge in [0.05, 0.1) is 13.2 Å². The van der Waals surface area contributed by atoms with E-state index in [1.54, 1.807) is 0 Å². The highest BCUT2D eigenvalue weighted by Crippen LogP contribution is 2.37. The van der Waals surface area contributed by atoms with Crippen LogP contribution in [0.15, 0.2) is 0 Å². The van der Waals surface area contributed by atoms with Crippen LogP contribution in [-0.2, 0) is 126 Å². The van der Waals surface area contributed by atoms with Gasteiger partial charge in [0.1, 0.15) is 73.1 Å². The maximum absolute atomic E-state index is 12.7. The summed E-state index contributed by atoms with van der Waals surface area (Å²) < 4.78 is 261. The first kappa shape index (κ1) is 64.2. The van der Waals surface area contributed by atoms with E-state index in [0.29, 0.717) is 0 Å². The number of aliphatic hydroxyl groups is 5. The molecule has 47 heteroatoms. The Morgan fingerprint density at radius 2 is 0.838 bits per heavy atom. The summed E-state index contributed by atoms with van der Waals surface area (Å²) in [6.07, 6.45) is -49.0. The minimum Gasteiger partial charge on any atom is -0.479 e. The van der Waals surface area contributed by atoms with Gasteiger partial charge in [-0.15, -0.1) is 0 Å². The van der Waals surface area contributed by atoms with Gasteiger partial charge in [0.25, 0.3) is 0 Å². The van der Waals surface area contributed by atoms with Gasteiger partial charge in [-0.25, -0.2) is 26.3 Å². The molecule has 4 heterocycles. The zero-order valence-electron chi connectivity index (χ0n) is 36.3. The van der Waals surface area contributed by atoms with Crippen LogP contribution in [0, 0.1) is 0 Å². The second-order valence-corrected chi connectivity index (χ2v) is 22.0. The molecule has 0 aliphatic carbocycles. The Balaban J connectivity index is 1.81. The summed E-state index contributed by atoms with van der Waals surface area (Å²) in [5.74, 6) is -4.47. The molecule has 4 aliphatic heterocycles. The van der Waals surface area contributed by atoms with Crippen molar-refractivity contribution in [2.45, 2.75) is 136 Å². The SMILES string of the molecule is CCCO[C@@H]1O[C@@H](C(=O)O)[C@@H](O[C@H]2O[C@H](COS(=O)(=O)O)[C@@H](O[C@@H]3O[C@@H](C(=O)O)[C@@H](O[C@H]4O[C@H](COS(=O)(=O)O)[C@@H](O)[C@H](O)[C@H]4NS(=O)(=O)O)[C@H](O)[C@H]3OS(=O)(=O)O)[C@H](O)[C@H]2NS(=O)(=O)O)[C@H](O)[C@H]1OS(=O)(=O)O. The molecule has 4 fully saturated rings. The van der Waals surface area contributed by atoms with Crippen LogP contribution in [0.25, 0.3) is 0 Å². The summed E-state index contributed by atoms with van der Waals surface area (Å²) in [5.41, 5.74) is 0. The monoisotopic (exact) mass is 1210 g/mol. The van der Waals surface area contributed by atoms with Gasteiger partial charge in [-0.1, -0.05) is 6.92 Å². The average Bonchev–Trinajstić information content (AvgIpc) is 3.22. The molecule has 15 N–H and O–H groups in total. The molecule has 4 saturated heterocycles. The molecule has 0 aromatic heterocycles. The maximum atomic E-state index is 12.7. The number of ether oxygens (including phenoxy) is 8. The number of aliphatic hydroxyl groups excluding tert-OH is 5. The van der Waals surface area contributed by atoms with Gasteiger partial charge in [-0.2, -0.15) is 60.0 Å². The first-order valence-electron chi connectivity index (χ1n) is 19.7. The molecule has 4 aliphatic rings. The summed E-state index contributed by atoms with van der Waals surface area (Å²) in [6, 6.07) is -5.37. The van der Waals surface area contributed by atoms with Crippen molar-refractivity contribution in [3.63, 3.8) is 0 Å². The van der Waals surface area contributed by atoms with E-state index in [4.69, 9.17) is 42.4 Å². The first-order valence-corrected chi connectivity index (χ1v) is 28.0. The van der Waals surface area contributed by atoms with Crippen molar-refractivity contribution >= 4 is 74.1 Å². The summed E-state index contributed by atoms with van der Waals surface area (Å²) in [5, 5.41) is 75.8. The standard InChI is InChI=1S/C27H46N2O39S6/c1-2-3-57-26-18(67-73(51,52)53)13(33)16(20(65-26)22(35)36)64-25-9(29-70(42,43)44)12(32)15(7(61-25)5-59-72(48,49)50)62-27-19(68-74(54,55)56)14(34)17(21(66-27)23(37)38)63-24-8(28-69(39,40)41)11(31)10(30)6(60-24)4-58-71(45,46)47/h6-21,24-34H,2-5H2,1H3,(H,35,36)(H,37,38)(H,39,40,41)(H,42,43,44)(H,45,46,47)(H,48,49,50)(H,51,52,53)(H,54,55,56)/t6-,7-,8-,9-,10-,11-,12-,13+,14+,15-,16+,17+,18-,19-,20-,21-,24-,25-,26-,27-/m1/s1. The maximum Gasteiger partial charge on any atom is 0.397 e. The van der Waals surface area contributed by atoms with Crippen molar-refractivity contribution in [1.29, 1.82) is 0 Å². The van der Waals surface area contributed by atoms with Gasteiger partial charge in [-0.3, -0.25) is 27.3 Å². The fourth-order valence-electron chi connectivity index (χ4n) is 7.21. The van der Waals surface area contributed by atoms with Crippen molar-refractivity contribution in [2.75, 3.05) is 19.8 Å². The number of carboxylic acids is 2. The molecule has 0 spiro atoms. The van der Waals surface area contributed by atoms with Crippen LogP contribution in [0.3, 0.4) is 0 Å². The molecular weight excluding hydrogens is 1170 g/mol.